The highest BCUT2D eigenvalue weighted by Gasteiger charge is 2.15. The van der Waals surface area contributed by atoms with Gasteiger partial charge in [0.1, 0.15) is 0 Å². The van der Waals surface area contributed by atoms with Gasteiger partial charge in [0.2, 0.25) is 0 Å². The SMILES string of the molecule is CCNC(=NCc1ccc(CN2CCN(CC)CC2)cc1)NCc1nnc2ccccn12. The molecule has 0 atom stereocenters. The third kappa shape index (κ3) is 5.83. The van der Waals surface area contributed by atoms with Gasteiger partial charge in [-0.3, -0.25) is 9.30 Å². The van der Waals surface area contributed by atoms with Gasteiger partial charge in [0, 0.05) is 45.5 Å². The molecular formula is C24H34N8. The number of rotatable bonds is 8. The average molecular weight is 435 g/mol. The molecule has 1 aromatic carbocycles. The number of benzene rings is 1. The monoisotopic (exact) mass is 434 g/mol. The van der Waals surface area contributed by atoms with E-state index in [1.54, 1.807) is 0 Å². The van der Waals surface area contributed by atoms with Crippen molar-refractivity contribution in [3.8, 4) is 0 Å². The van der Waals surface area contributed by atoms with Gasteiger partial charge in [0.25, 0.3) is 0 Å². The molecule has 3 aromatic rings. The van der Waals surface area contributed by atoms with Gasteiger partial charge in [-0.25, -0.2) is 4.99 Å². The summed E-state index contributed by atoms with van der Waals surface area (Å²) in [4.78, 5) is 9.80. The highest BCUT2D eigenvalue weighted by molar-refractivity contribution is 5.79. The Hall–Kier alpha value is -2.97. The summed E-state index contributed by atoms with van der Waals surface area (Å²) in [5.74, 6) is 1.63. The molecule has 0 aliphatic carbocycles. The molecule has 0 amide bonds. The summed E-state index contributed by atoms with van der Waals surface area (Å²) in [5, 5.41) is 15.1. The Bertz CT molecular complexity index is 1000. The molecule has 1 fully saturated rings. The lowest BCUT2D eigenvalue weighted by Gasteiger charge is -2.34. The minimum absolute atomic E-state index is 0.557. The Kier molecular flexibility index (Phi) is 7.68. The number of piperazine rings is 1. The van der Waals surface area contributed by atoms with E-state index in [-0.39, 0.29) is 0 Å². The van der Waals surface area contributed by atoms with Gasteiger partial charge < -0.3 is 15.5 Å². The van der Waals surface area contributed by atoms with Crippen molar-refractivity contribution in [3.63, 3.8) is 0 Å². The molecule has 1 aliphatic rings. The first-order valence-electron chi connectivity index (χ1n) is 11.6. The third-order valence-corrected chi connectivity index (χ3v) is 5.90. The van der Waals surface area contributed by atoms with Crippen LogP contribution in [0, 0.1) is 0 Å². The predicted molar refractivity (Wildman–Crippen MR) is 128 cm³/mol. The summed E-state index contributed by atoms with van der Waals surface area (Å²) in [6, 6.07) is 14.7. The van der Waals surface area contributed by atoms with E-state index in [2.05, 4.69) is 68.7 Å². The van der Waals surface area contributed by atoms with Gasteiger partial charge in [-0.2, -0.15) is 0 Å². The van der Waals surface area contributed by atoms with Crippen LogP contribution in [-0.4, -0.2) is 69.6 Å². The quantitative estimate of drug-likeness (QED) is 0.418. The molecule has 8 nitrogen and oxygen atoms in total. The maximum absolute atomic E-state index is 4.75. The fourth-order valence-electron chi connectivity index (χ4n) is 3.96. The van der Waals surface area contributed by atoms with Crippen LogP contribution < -0.4 is 10.6 Å². The molecule has 2 N–H and O–H groups in total. The number of fused-ring (bicyclic) bond motifs is 1. The van der Waals surface area contributed by atoms with E-state index in [4.69, 9.17) is 4.99 Å². The smallest absolute Gasteiger partial charge is 0.191 e. The number of aromatic nitrogens is 3. The van der Waals surface area contributed by atoms with Crippen LogP contribution in [0.2, 0.25) is 0 Å². The number of aliphatic imine (C=N–C) groups is 1. The van der Waals surface area contributed by atoms with Gasteiger partial charge in [-0.15, -0.1) is 10.2 Å². The Balaban J connectivity index is 1.30. The average Bonchev–Trinajstić information content (AvgIpc) is 3.25. The molecule has 0 saturated carbocycles. The van der Waals surface area contributed by atoms with Crippen molar-refractivity contribution >= 4 is 11.6 Å². The van der Waals surface area contributed by atoms with E-state index < -0.39 is 0 Å². The first kappa shape index (κ1) is 22.2. The highest BCUT2D eigenvalue weighted by atomic mass is 15.3. The minimum atomic E-state index is 0.557. The largest absolute Gasteiger partial charge is 0.357 e. The fourth-order valence-corrected chi connectivity index (χ4v) is 3.96. The summed E-state index contributed by atoms with van der Waals surface area (Å²) >= 11 is 0. The number of pyridine rings is 1. The molecular weight excluding hydrogens is 400 g/mol. The van der Waals surface area contributed by atoms with Crippen molar-refractivity contribution in [2.24, 2.45) is 4.99 Å². The summed E-state index contributed by atoms with van der Waals surface area (Å²) < 4.78 is 1.98. The maximum atomic E-state index is 4.75. The zero-order valence-electron chi connectivity index (χ0n) is 19.2. The van der Waals surface area contributed by atoms with E-state index in [1.165, 1.54) is 24.2 Å². The first-order valence-corrected chi connectivity index (χ1v) is 11.6. The van der Waals surface area contributed by atoms with Crippen LogP contribution >= 0.6 is 0 Å². The normalized spacial score (nSPS) is 15.9. The van der Waals surface area contributed by atoms with Gasteiger partial charge in [-0.05, 0) is 36.7 Å². The number of nitrogens with zero attached hydrogens (tertiary/aromatic N) is 6. The number of guanidine groups is 1. The molecule has 1 aliphatic heterocycles. The predicted octanol–water partition coefficient (Wildman–Crippen LogP) is 2.12. The van der Waals surface area contributed by atoms with Crippen LogP contribution in [0.4, 0.5) is 0 Å². The summed E-state index contributed by atoms with van der Waals surface area (Å²) in [5.41, 5.74) is 3.42. The number of nitrogens with one attached hydrogen (secondary N) is 2. The summed E-state index contributed by atoms with van der Waals surface area (Å²) in [6.07, 6.45) is 1.97. The Labute approximate surface area is 190 Å². The summed E-state index contributed by atoms with van der Waals surface area (Å²) in [6.45, 7) is 13.1. The maximum Gasteiger partial charge on any atom is 0.191 e. The molecule has 3 heterocycles. The van der Waals surface area contributed by atoms with Crippen molar-refractivity contribution in [1.82, 2.24) is 35.0 Å². The van der Waals surface area contributed by atoms with Gasteiger partial charge in [-0.1, -0.05) is 37.3 Å². The molecule has 0 unspecified atom stereocenters. The molecule has 8 heteroatoms. The second kappa shape index (κ2) is 11.1. The van der Waals surface area contributed by atoms with Crippen molar-refractivity contribution in [2.75, 3.05) is 39.3 Å². The highest BCUT2D eigenvalue weighted by Crippen LogP contribution is 2.11. The zero-order chi connectivity index (χ0) is 22.2. The lowest BCUT2D eigenvalue weighted by Crippen LogP contribution is -2.45. The topological polar surface area (TPSA) is 73.1 Å². The second-order valence-corrected chi connectivity index (χ2v) is 8.12. The molecule has 0 bridgehead atoms. The summed E-state index contributed by atoms with van der Waals surface area (Å²) in [7, 11) is 0. The van der Waals surface area contributed by atoms with Gasteiger partial charge >= 0.3 is 0 Å². The molecule has 2 aromatic heterocycles. The second-order valence-electron chi connectivity index (χ2n) is 8.12. The minimum Gasteiger partial charge on any atom is -0.357 e. The number of hydrogen-bond acceptors (Lipinski definition) is 5. The van der Waals surface area contributed by atoms with Crippen molar-refractivity contribution in [1.29, 1.82) is 0 Å². The molecule has 0 radical (unpaired) electrons. The van der Waals surface area contributed by atoms with E-state index in [0.29, 0.717) is 13.1 Å². The zero-order valence-corrected chi connectivity index (χ0v) is 19.2. The van der Waals surface area contributed by atoms with Crippen molar-refractivity contribution in [2.45, 2.75) is 33.5 Å². The fraction of sp³-hybridized carbons (Fsp3) is 0.458. The van der Waals surface area contributed by atoms with Crippen LogP contribution in [0.3, 0.4) is 0 Å². The van der Waals surface area contributed by atoms with Gasteiger partial charge in [0.05, 0.1) is 13.1 Å². The molecule has 32 heavy (non-hydrogen) atoms. The van der Waals surface area contributed by atoms with Crippen LogP contribution in [-0.2, 0) is 19.6 Å². The van der Waals surface area contributed by atoms with Crippen LogP contribution in [0.25, 0.3) is 5.65 Å². The molecule has 1 saturated heterocycles. The Morgan fingerprint density at radius 2 is 1.66 bits per heavy atom. The first-order chi connectivity index (χ1) is 15.7. The van der Waals surface area contributed by atoms with E-state index in [1.807, 2.05) is 28.8 Å². The molecule has 170 valence electrons. The van der Waals surface area contributed by atoms with Crippen LogP contribution in [0.15, 0.2) is 53.7 Å². The third-order valence-electron chi connectivity index (χ3n) is 5.90. The standard InChI is InChI=1S/C24H34N8/c1-3-25-24(27-18-23-29-28-22-7-5-6-12-32(22)23)26-17-20-8-10-21(11-9-20)19-31-15-13-30(4-2)14-16-31/h5-12H,3-4,13-19H2,1-2H3,(H2,25,26,27). The van der Waals surface area contributed by atoms with E-state index >= 15 is 0 Å². The lowest BCUT2D eigenvalue weighted by molar-refractivity contribution is 0.132. The Morgan fingerprint density at radius 3 is 2.41 bits per heavy atom. The van der Waals surface area contributed by atoms with Crippen LogP contribution in [0.1, 0.15) is 30.8 Å². The van der Waals surface area contributed by atoms with Crippen molar-refractivity contribution in [3.05, 3.63) is 65.6 Å². The van der Waals surface area contributed by atoms with Crippen molar-refractivity contribution < 1.29 is 0 Å². The van der Waals surface area contributed by atoms with E-state index in [0.717, 1.165) is 50.2 Å². The van der Waals surface area contributed by atoms with Crippen LogP contribution in [0.5, 0.6) is 0 Å². The molecule has 0 spiro atoms. The van der Waals surface area contributed by atoms with Gasteiger partial charge in [0.15, 0.2) is 17.4 Å². The molecule has 4 rings (SSSR count). The number of likely N-dealkylation sites (N-methyl/N-ethyl adjacent to an activating group) is 1. The number of hydrogen-bond donors (Lipinski definition) is 2. The Morgan fingerprint density at radius 1 is 0.906 bits per heavy atom. The van der Waals surface area contributed by atoms with E-state index in [9.17, 15) is 0 Å². The lowest BCUT2D eigenvalue weighted by atomic mass is 10.1.